The standard InChI is InChI=1S/C15H12N4/c1-10-15(11-5-2-3-6-13(11)18-10)12(9-16)14-7-4-8-17-19-14/h2-8,12,18H,1H3. The summed E-state index contributed by atoms with van der Waals surface area (Å²) in [6.07, 6.45) is 1.61. The Morgan fingerprint density at radius 1 is 1.21 bits per heavy atom. The summed E-state index contributed by atoms with van der Waals surface area (Å²) < 4.78 is 0. The molecule has 0 spiro atoms. The highest BCUT2D eigenvalue weighted by Crippen LogP contribution is 2.31. The third-order valence-corrected chi connectivity index (χ3v) is 3.25. The lowest BCUT2D eigenvalue weighted by Gasteiger charge is -2.08. The fraction of sp³-hybridized carbons (Fsp3) is 0.133. The lowest BCUT2D eigenvalue weighted by atomic mass is 9.94. The Kier molecular flexibility index (Phi) is 2.73. The van der Waals surface area contributed by atoms with Crippen LogP contribution >= 0.6 is 0 Å². The van der Waals surface area contributed by atoms with Gasteiger partial charge in [-0.25, -0.2) is 0 Å². The molecule has 2 heterocycles. The molecule has 0 saturated heterocycles. The number of aromatic amines is 1. The second-order valence-electron chi connectivity index (χ2n) is 4.42. The molecular weight excluding hydrogens is 236 g/mol. The predicted octanol–water partition coefficient (Wildman–Crippen LogP) is 2.92. The van der Waals surface area contributed by atoms with E-state index in [2.05, 4.69) is 21.3 Å². The van der Waals surface area contributed by atoms with E-state index < -0.39 is 5.92 Å². The lowest BCUT2D eigenvalue weighted by Crippen LogP contribution is -2.03. The number of aryl methyl sites for hydroxylation is 1. The van der Waals surface area contributed by atoms with Gasteiger partial charge in [0.1, 0.15) is 5.92 Å². The summed E-state index contributed by atoms with van der Waals surface area (Å²) in [5.41, 5.74) is 3.70. The molecule has 0 aliphatic rings. The first kappa shape index (κ1) is 11.4. The summed E-state index contributed by atoms with van der Waals surface area (Å²) in [7, 11) is 0. The summed E-state index contributed by atoms with van der Waals surface area (Å²) in [4.78, 5) is 3.31. The van der Waals surface area contributed by atoms with Gasteiger partial charge in [0, 0.05) is 28.4 Å². The number of H-pyrrole nitrogens is 1. The Labute approximate surface area is 110 Å². The first-order valence-corrected chi connectivity index (χ1v) is 6.05. The average molecular weight is 248 g/mol. The molecule has 0 fully saturated rings. The molecule has 0 aliphatic heterocycles. The smallest absolute Gasteiger partial charge is 0.118 e. The van der Waals surface area contributed by atoms with Gasteiger partial charge in [0.25, 0.3) is 0 Å². The summed E-state index contributed by atoms with van der Waals surface area (Å²) in [6.45, 7) is 1.98. The van der Waals surface area contributed by atoms with Crippen molar-refractivity contribution in [1.29, 1.82) is 5.26 Å². The number of nitrogens with one attached hydrogen (secondary N) is 1. The zero-order valence-electron chi connectivity index (χ0n) is 10.5. The number of hydrogen-bond donors (Lipinski definition) is 1. The quantitative estimate of drug-likeness (QED) is 0.758. The van der Waals surface area contributed by atoms with Gasteiger partial charge >= 0.3 is 0 Å². The van der Waals surface area contributed by atoms with Crippen LogP contribution in [0.25, 0.3) is 10.9 Å². The largest absolute Gasteiger partial charge is 0.358 e. The summed E-state index contributed by atoms with van der Waals surface area (Å²) in [5.74, 6) is -0.398. The molecule has 92 valence electrons. The van der Waals surface area contributed by atoms with E-state index in [1.165, 1.54) is 0 Å². The maximum atomic E-state index is 9.50. The van der Waals surface area contributed by atoms with Gasteiger partial charge in [-0.15, -0.1) is 0 Å². The first-order chi connectivity index (χ1) is 9.31. The van der Waals surface area contributed by atoms with E-state index in [0.717, 1.165) is 22.2 Å². The van der Waals surface area contributed by atoms with Crippen LogP contribution in [0, 0.1) is 18.3 Å². The van der Waals surface area contributed by atoms with Crippen molar-refractivity contribution in [3.8, 4) is 6.07 Å². The molecule has 3 aromatic rings. The fourth-order valence-electron chi connectivity index (χ4n) is 2.42. The van der Waals surface area contributed by atoms with Crippen LogP contribution in [0.3, 0.4) is 0 Å². The van der Waals surface area contributed by atoms with Crippen molar-refractivity contribution in [1.82, 2.24) is 15.2 Å². The normalized spacial score (nSPS) is 12.2. The Morgan fingerprint density at radius 2 is 2.05 bits per heavy atom. The van der Waals surface area contributed by atoms with E-state index in [1.807, 2.05) is 37.3 Å². The number of rotatable bonds is 2. The van der Waals surface area contributed by atoms with Crippen LogP contribution in [-0.4, -0.2) is 15.2 Å². The molecular formula is C15H12N4. The first-order valence-electron chi connectivity index (χ1n) is 6.05. The fourth-order valence-corrected chi connectivity index (χ4v) is 2.42. The maximum Gasteiger partial charge on any atom is 0.118 e. The minimum absolute atomic E-state index is 0.398. The predicted molar refractivity (Wildman–Crippen MR) is 72.5 cm³/mol. The second kappa shape index (κ2) is 4.54. The Bertz CT molecular complexity index is 753. The van der Waals surface area contributed by atoms with E-state index >= 15 is 0 Å². The van der Waals surface area contributed by atoms with Gasteiger partial charge in [0.05, 0.1) is 11.8 Å². The highest BCUT2D eigenvalue weighted by atomic mass is 15.1. The van der Waals surface area contributed by atoms with Crippen LogP contribution in [0.15, 0.2) is 42.6 Å². The van der Waals surface area contributed by atoms with Crippen molar-refractivity contribution in [2.75, 3.05) is 0 Å². The highest BCUT2D eigenvalue weighted by Gasteiger charge is 2.21. The van der Waals surface area contributed by atoms with Crippen molar-refractivity contribution in [2.24, 2.45) is 0 Å². The Morgan fingerprint density at radius 3 is 2.79 bits per heavy atom. The molecule has 19 heavy (non-hydrogen) atoms. The van der Waals surface area contributed by atoms with E-state index in [1.54, 1.807) is 12.3 Å². The minimum atomic E-state index is -0.398. The molecule has 1 aromatic carbocycles. The lowest BCUT2D eigenvalue weighted by molar-refractivity contribution is 0.882. The number of nitriles is 1. The van der Waals surface area contributed by atoms with Crippen LogP contribution in [0.2, 0.25) is 0 Å². The Hall–Kier alpha value is -2.67. The molecule has 0 saturated carbocycles. The molecule has 0 radical (unpaired) electrons. The molecule has 0 bridgehead atoms. The van der Waals surface area contributed by atoms with E-state index in [0.29, 0.717) is 5.69 Å². The summed E-state index contributed by atoms with van der Waals surface area (Å²) in [5, 5.41) is 18.5. The molecule has 2 aromatic heterocycles. The third kappa shape index (κ3) is 1.85. The van der Waals surface area contributed by atoms with Crippen LogP contribution in [-0.2, 0) is 0 Å². The van der Waals surface area contributed by atoms with Crippen molar-refractivity contribution in [3.63, 3.8) is 0 Å². The number of hydrogen-bond acceptors (Lipinski definition) is 3. The van der Waals surface area contributed by atoms with Gasteiger partial charge < -0.3 is 4.98 Å². The van der Waals surface area contributed by atoms with Crippen molar-refractivity contribution in [2.45, 2.75) is 12.8 Å². The number of aromatic nitrogens is 3. The third-order valence-electron chi connectivity index (χ3n) is 3.25. The van der Waals surface area contributed by atoms with E-state index in [4.69, 9.17) is 0 Å². The molecule has 0 amide bonds. The Balaban J connectivity index is 2.23. The van der Waals surface area contributed by atoms with E-state index in [9.17, 15) is 5.26 Å². The van der Waals surface area contributed by atoms with Gasteiger partial charge in [-0.05, 0) is 25.1 Å². The van der Waals surface area contributed by atoms with Crippen LogP contribution in [0.1, 0.15) is 22.9 Å². The highest BCUT2D eigenvalue weighted by molar-refractivity contribution is 5.86. The zero-order valence-corrected chi connectivity index (χ0v) is 10.5. The molecule has 0 aliphatic carbocycles. The van der Waals surface area contributed by atoms with Crippen molar-refractivity contribution < 1.29 is 0 Å². The second-order valence-corrected chi connectivity index (χ2v) is 4.42. The number of para-hydroxylation sites is 1. The van der Waals surface area contributed by atoms with Crippen LogP contribution in [0.5, 0.6) is 0 Å². The van der Waals surface area contributed by atoms with E-state index in [-0.39, 0.29) is 0 Å². The monoisotopic (exact) mass is 248 g/mol. The van der Waals surface area contributed by atoms with Gasteiger partial charge in [-0.3, -0.25) is 0 Å². The molecule has 4 nitrogen and oxygen atoms in total. The van der Waals surface area contributed by atoms with Gasteiger partial charge in [0.2, 0.25) is 0 Å². The SMILES string of the molecule is Cc1[nH]c2ccccc2c1C(C#N)c1cccnn1. The van der Waals surface area contributed by atoms with Gasteiger partial charge in [0.15, 0.2) is 0 Å². The topological polar surface area (TPSA) is 65.4 Å². The molecule has 1 unspecified atom stereocenters. The summed E-state index contributed by atoms with van der Waals surface area (Å²) in [6, 6.07) is 14.0. The van der Waals surface area contributed by atoms with Crippen molar-refractivity contribution >= 4 is 10.9 Å². The number of fused-ring (bicyclic) bond motifs is 1. The van der Waals surface area contributed by atoms with Crippen LogP contribution in [0.4, 0.5) is 0 Å². The number of nitrogens with zero attached hydrogens (tertiary/aromatic N) is 3. The molecule has 1 N–H and O–H groups in total. The molecule has 3 rings (SSSR count). The minimum Gasteiger partial charge on any atom is -0.358 e. The maximum absolute atomic E-state index is 9.50. The number of benzene rings is 1. The average Bonchev–Trinajstić information content (AvgIpc) is 2.78. The molecule has 4 heteroatoms. The molecule has 1 atom stereocenters. The van der Waals surface area contributed by atoms with Crippen LogP contribution < -0.4 is 0 Å². The summed E-state index contributed by atoms with van der Waals surface area (Å²) >= 11 is 0. The van der Waals surface area contributed by atoms with Crippen molar-refractivity contribution in [3.05, 3.63) is 59.5 Å². The zero-order chi connectivity index (χ0) is 13.2. The van der Waals surface area contributed by atoms with Gasteiger partial charge in [-0.2, -0.15) is 15.5 Å². The van der Waals surface area contributed by atoms with Gasteiger partial charge in [-0.1, -0.05) is 18.2 Å².